The van der Waals surface area contributed by atoms with Gasteiger partial charge >= 0.3 is 6.18 Å². The molecule has 0 aliphatic carbocycles. The number of hydrogen-bond donors (Lipinski definition) is 1. The molecule has 0 saturated carbocycles. The zero-order chi connectivity index (χ0) is 15.1. The Hall–Kier alpha value is -1.72. The van der Waals surface area contributed by atoms with Crippen molar-refractivity contribution < 1.29 is 13.2 Å². The number of nitrogens with two attached hydrogens (primary N) is 1. The van der Waals surface area contributed by atoms with Crippen LogP contribution in [0.25, 0.3) is 11.0 Å². The Morgan fingerprint density at radius 3 is 2.45 bits per heavy atom. The summed E-state index contributed by atoms with van der Waals surface area (Å²) in [6, 6.07) is 4.66. The lowest BCUT2D eigenvalue weighted by Crippen LogP contribution is -2.23. The van der Waals surface area contributed by atoms with Gasteiger partial charge in [0.2, 0.25) is 5.82 Å². The van der Waals surface area contributed by atoms with Crippen molar-refractivity contribution in [2.45, 2.75) is 39.9 Å². The summed E-state index contributed by atoms with van der Waals surface area (Å²) in [5.41, 5.74) is 6.53. The van der Waals surface area contributed by atoms with Crippen molar-refractivity contribution in [3.63, 3.8) is 0 Å². The second-order valence-electron chi connectivity index (χ2n) is 5.79. The van der Waals surface area contributed by atoms with Gasteiger partial charge in [-0.3, -0.25) is 0 Å². The molecule has 0 aliphatic heterocycles. The SMILES string of the molecule is CCC(C)(C)Cn1c(C(F)(F)F)nc2cc(N)ccc21. The van der Waals surface area contributed by atoms with E-state index in [4.69, 9.17) is 5.73 Å². The maximum absolute atomic E-state index is 13.2. The smallest absolute Gasteiger partial charge is 0.399 e. The lowest BCUT2D eigenvalue weighted by Gasteiger charge is -2.25. The molecule has 0 bridgehead atoms. The molecule has 6 heteroatoms. The second kappa shape index (κ2) is 4.68. The molecule has 0 unspecified atom stereocenters. The normalized spacial score (nSPS) is 13.1. The Labute approximate surface area is 115 Å². The summed E-state index contributed by atoms with van der Waals surface area (Å²) in [4.78, 5) is 3.72. The average molecular weight is 285 g/mol. The number of anilines is 1. The molecule has 1 aromatic carbocycles. The van der Waals surface area contributed by atoms with Crippen molar-refractivity contribution in [3.05, 3.63) is 24.0 Å². The highest BCUT2D eigenvalue weighted by atomic mass is 19.4. The average Bonchev–Trinajstić information content (AvgIpc) is 2.66. The Morgan fingerprint density at radius 2 is 1.90 bits per heavy atom. The molecule has 0 saturated heterocycles. The predicted octanol–water partition coefficient (Wildman–Crippen LogP) is 4.07. The van der Waals surface area contributed by atoms with Crippen LogP contribution in [-0.4, -0.2) is 9.55 Å². The van der Waals surface area contributed by atoms with Crippen molar-refractivity contribution in [2.75, 3.05) is 5.73 Å². The van der Waals surface area contributed by atoms with E-state index in [1.165, 1.54) is 10.6 Å². The highest BCUT2D eigenvalue weighted by molar-refractivity contribution is 5.79. The van der Waals surface area contributed by atoms with E-state index in [1.807, 2.05) is 20.8 Å². The first-order valence-electron chi connectivity index (χ1n) is 6.47. The van der Waals surface area contributed by atoms with Crippen molar-refractivity contribution in [2.24, 2.45) is 5.41 Å². The minimum Gasteiger partial charge on any atom is -0.399 e. The van der Waals surface area contributed by atoms with E-state index in [9.17, 15) is 13.2 Å². The van der Waals surface area contributed by atoms with Crippen LogP contribution < -0.4 is 5.73 Å². The Kier molecular flexibility index (Phi) is 3.44. The van der Waals surface area contributed by atoms with E-state index >= 15 is 0 Å². The quantitative estimate of drug-likeness (QED) is 0.864. The lowest BCUT2D eigenvalue weighted by atomic mass is 9.90. The molecule has 0 fully saturated rings. The minimum absolute atomic E-state index is 0.241. The summed E-state index contributed by atoms with van der Waals surface area (Å²) in [5.74, 6) is -0.861. The van der Waals surface area contributed by atoms with E-state index in [2.05, 4.69) is 4.98 Å². The molecule has 1 aromatic heterocycles. The molecule has 2 N–H and O–H groups in total. The number of nitrogen functional groups attached to an aromatic ring is 1. The molecule has 2 aromatic rings. The van der Waals surface area contributed by atoms with Gasteiger partial charge in [-0.15, -0.1) is 0 Å². The summed E-state index contributed by atoms with van der Waals surface area (Å²) in [5, 5.41) is 0. The third kappa shape index (κ3) is 2.73. The summed E-state index contributed by atoms with van der Waals surface area (Å²) >= 11 is 0. The van der Waals surface area contributed by atoms with Gasteiger partial charge in [-0.1, -0.05) is 20.8 Å². The van der Waals surface area contributed by atoms with Gasteiger partial charge in [-0.25, -0.2) is 4.98 Å². The lowest BCUT2D eigenvalue weighted by molar-refractivity contribution is -0.147. The van der Waals surface area contributed by atoms with Crippen LogP contribution in [0, 0.1) is 5.41 Å². The Morgan fingerprint density at radius 1 is 1.25 bits per heavy atom. The molecule has 0 amide bonds. The van der Waals surface area contributed by atoms with E-state index < -0.39 is 12.0 Å². The number of hydrogen-bond acceptors (Lipinski definition) is 2. The van der Waals surface area contributed by atoms with Crippen LogP contribution in [0.3, 0.4) is 0 Å². The number of fused-ring (bicyclic) bond motifs is 1. The largest absolute Gasteiger partial charge is 0.449 e. The summed E-state index contributed by atoms with van der Waals surface area (Å²) < 4.78 is 40.7. The number of aromatic nitrogens is 2. The molecular formula is C14H18F3N3. The number of imidazole rings is 1. The van der Waals surface area contributed by atoms with E-state index in [-0.39, 0.29) is 17.5 Å². The van der Waals surface area contributed by atoms with Crippen LogP contribution in [0.1, 0.15) is 33.0 Å². The van der Waals surface area contributed by atoms with Gasteiger partial charge in [-0.2, -0.15) is 13.2 Å². The van der Waals surface area contributed by atoms with Gasteiger partial charge in [0, 0.05) is 12.2 Å². The molecule has 0 radical (unpaired) electrons. The number of rotatable bonds is 3. The zero-order valence-corrected chi connectivity index (χ0v) is 11.8. The number of alkyl halides is 3. The van der Waals surface area contributed by atoms with Gasteiger partial charge in [0.05, 0.1) is 11.0 Å². The standard InChI is InChI=1S/C14H18F3N3/c1-4-13(2,3)8-20-11-6-5-9(18)7-10(11)19-12(20)14(15,16)17/h5-7H,4,8,18H2,1-3H3. The molecule has 0 aliphatic rings. The van der Waals surface area contributed by atoms with Crippen LogP contribution in [0.15, 0.2) is 18.2 Å². The van der Waals surface area contributed by atoms with Crippen LogP contribution >= 0.6 is 0 Å². The fourth-order valence-electron chi connectivity index (χ4n) is 2.06. The summed E-state index contributed by atoms with van der Waals surface area (Å²) in [6.45, 7) is 6.11. The van der Waals surface area contributed by atoms with Crippen LogP contribution in [0.2, 0.25) is 0 Å². The summed E-state index contributed by atoms with van der Waals surface area (Å²) in [6.07, 6.45) is -3.70. The maximum Gasteiger partial charge on any atom is 0.449 e. The fraction of sp³-hybridized carbons (Fsp3) is 0.500. The molecule has 20 heavy (non-hydrogen) atoms. The van der Waals surface area contributed by atoms with Gasteiger partial charge < -0.3 is 10.3 Å². The van der Waals surface area contributed by atoms with Gasteiger partial charge in [-0.05, 0) is 30.0 Å². The number of nitrogens with zero attached hydrogens (tertiary/aromatic N) is 2. The predicted molar refractivity (Wildman–Crippen MR) is 73.2 cm³/mol. The highest BCUT2D eigenvalue weighted by Gasteiger charge is 2.38. The van der Waals surface area contributed by atoms with Crippen molar-refractivity contribution >= 4 is 16.7 Å². The molecule has 0 spiro atoms. The number of halogens is 3. The fourth-order valence-corrected chi connectivity index (χ4v) is 2.06. The third-order valence-electron chi connectivity index (χ3n) is 3.57. The molecule has 0 atom stereocenters. The van der Waals surface area contributed by atoms with Gasteiger partial charge in [0.25, 0.3) is 0 Å². The molecule has 2 rings (SSSR count). The third-order valence-corrected chi connectivity index (χ3v) is 3.57. The first-order valence-corrected chi connectivity index (χ1v) is 6.47. The first-order chi connectivity index (χ1) is 9.14. The van der Waals surface area contributed by atoms with Gasteiger partial charge in [0.15, 0.2) is 0 Å². The first kappa shape index (κ1) is 14.7. The van der Waals surface area contributed by atoms with Gasteiger partial charge in [0.1, 0.15) is 0 Å². The van der Waals surface area contributed by atoms with Crippen molar-refractivity contribution in [3.8, 4) is 0 Å². The van der Waals surface area contributed by atoms with Crippen LogP contribution in [-0.2, 0) is 12.7 Å². The molecular weight excluding hydrogens is 267 g/mol. The molecule has 3 nitrogen and oxygen atoms in total. The van der Waals surface area contributed by atoms with E-state index in [1.54, 1.807) is 12.1 Å². The maximum atomic E-state index is 13.2. The Balaban J connectivity index is 2.65. The molecule has 110 valence electrons. The topological polar surface area (TPSA) is 43.8 Å². The van der Waals surface area contributed by atoms with Crippen LogP contribution in [0.5, 0.6) is 0 Å². The second-order valence-corrected chi connectivity index (χ2v) is 5.79. The van der Waals surface area contributed by atoms with Crippen LogP contribution in [0.4, 0.5) is 18.9 Å². The minimum atomic E-state index is -4.47. The molecule has 1 heterocycles. The van der Waals surface area contributed by atoms with E-state index in [0.717, 1.165) is 6.42 Å². The Bertz CT molecular complexity index is 626. The highest BCUT2D eigenvalue weighted by Crippen LogP contribution is 2.34. The number of benzene rings is 1. The van der Waals surface area contributed by atoms with Crippen molar-refractivity contribution in [1.29, 1.82) is 0 Å². The summed E-state index contributed by atoms with van der Waals surface area (Å²) in [7, 11) is 0. The van der Waals surface area contributed by atoms with E-state index in [0.29, 0.717) is 11.2 Å². The zero-order valence-electron chi connectivity index (χ0n) is 11.8. The van der Waals surface area contributed by atoms with Crippen molar-refractivity contribution in [1.82, 2.24) is 9.55 Å². The monoisotopic (exact) mass is 285 g/mol.